The molecule has 2 heteroatoms. The summed E-state index contributed by atoms with van der Waals surface area (Å²) < 4.78 is 6.71. The molecule has 0 aromatic carbocycles. The van der Waals surface area contributed by atoms with Gasteiger partial charge < -0.3 is 10.1 Å². The van der Waals surface area contributed by atoms with Gasteiger partial charge in [0, 0.05) is 11.5 Å². The van der Waals surface area contributed by atoms with Crippen molar-refractivity contribution in [3.05, 3.63) is 0 Å². The van der Waals surface area contributed by atoms with Crippen LogP contribution in [0.1, 0.15) is 73.6 Å². The summed E-state index contributed by atoms with van der Waals surface area (Å²) in [6.07, 6.45) is 7.42. The molecular weight excluding hydrogens is 258 g/mol. The quantitative estimate of drug-likeness (QED) is 0.812. The molecule has 3 aliphatic rings. The van der Waals surface area contributed by atoms with Crippen molar-refractivity contribution in [2.24, 2.45) is 22.2 Å². The number of nitrogens with one attached hydrogen (secondary N) is 1. The monoisotopic (exact) mass is 293 g/mol. The molecule has 3 rings (SSSR count). The SMILES string of the molecule is CCCNC1CC(OC2CC3CCC2(C)C3(C)C)C1(C)C. The third-order valence-electron chi connectivity index (χ3n) is 7.86. The summed E-state index contributed by atoms with van der Waals surface area (Å²) in [6, 6.07) is 0.641. The smallest absolute Gasteiger partial charge is 0.0660 e. The summed E-state index contributed by atoms with van der Waals surface area (Å²) in [5.41, 5.74) is 1.15. The summed E-state index contributed by atoms with van der Waals surface area (Å²) in [5, 5.41) is 3.69. The molecule has 5 unspecified atom stereocenters. The summed E-state index contributed by atoms with van der Waals surface area (Å²) in [7, 11) is 0. The van der Waals surface area contributed by atoms with Crippen molar-refractivity contribution in [1.82, 2.24) is 5.32 Å². The molecule has 122 valence electrons. The maximum absolute atomic E-state index is 6.71. The first-order valence-electron chi connectivity index (χ1n) is 9.12. The topological polar surface area (TPSA) is 21.3 Å². The Morgan fingerprint density at radius 2 is 1.76 bits per heavy atom. The summed E-state index contributed by atoms with van der Waals surface area (Å²) in [6.45, 7) is 15.6. The van der Waals surface area contributed by atoms with Crippen LogP contribution in [0.2, 0.25) is 0 Å². The van der Waals surface area contributed by atoms with Crippen LogP contribution in [0.15, 0.2) is 0 Å². The van der Waals surface area contributed by atoms with Gasteiger partial charge in [0.15, 0.2) is 0 Å². The van der Waals surface area contributed by atoms with E-state index in [9.17, 15) is 0 Å². The average Bonchev–Trinajstić information content (AvgIpc) is 2.75. The third kappa shape index (κ3) is 2.12. The van der Waals surface area contributed by atoms with E-state index in [4.69, 9.17) is 4.74 Å². The lowest BCUT2D eigenvalue weighted by Gasteiger charge is -2.54. The van der Waals surface area contributed by atoms with Crippen molar-refractivity contribution < 1.29 is 4.74 Å². The molecule has 3 fully saturated rings. The molecule has 1 N–H and O–H groups in total. The van der Waals surface area contributed by atoms with Crippen LogP contribution in [-0.4, -0.2) is 24.8 Å². The Morgan fingerprint density at radius 3 is 2.24 bits per heavy atom. The highest BCUT2D eigenvalue weighted by atomic mass is 16.5. The maximum Gasteiger partial charge on any atom is 0.0660 e. The number of fused-ring (bicyclic) bond motifs is 2. The molecule has 0 heterocycles. The van der Waals surface area contributed by atoms with Crippen LogP contribution >= 0.6 is 0 Å². The fourth-order valence-electron chi connectivity index (χ4n) is 5.32. The molecule has 0 spiro atoms. The lowest BCUT2D eigenvalue weighted by molar-refractivity contribution is -0.178. The summed E-state index contributed by atoms with van der Waals surface area (Å²) in [5.74, 6) is 0.879. The minimum absolute atomic E-state index is 0.289. The van der Waals surface area contributed by atoms with Crippen molar-refractivity contribution in [2.75, 3.05) is 6.54 Å². The van der Waals surface area contributed by atoms with Gasteiger partial charge in [-0.1, -0.05) is 41.5 Å². The van der Waals surface area contributed by atoms with E-state index < -0.39 is 0 Å². The van der Waals surface area contributed by atoms with Crippen LogP contribution in [-0.2, 0) is 4.74 Å². The van der Waals surface area contributed by atoms with Gasteiger partial charge in [0.25, 0.3) is 0 Å². The molecule has 0 aromatic heterocycles. The van der Waals surface area contributed by atoms with E-state index in [1.54, 1.807) is 0 Å². The Hall–Kier alpha value is -0.0800. The minimum Gasteiger partial charge on any atom is -0.374 e. The van der Waals surface area contributed by atoms with Crippen LogP contribution in [0, 0.1) is 22.2 Å². The first-order chi connectivity index (χ1) is 9.73. The van der Waals surface area contributed by atoms with Crippen LogP contribution in [0.25, 0.3) is 0 Å². The first-order valence-corrected chi connectivity index (χ1v) is 9.12. The fraction of sp³-hybridized carbons (Fsp3) is 1.00. The second-order valence-corrected chi connectivity index (χ2v) is 9.29. The van der Waals surface area contributed by atoms with E-state index in [2.05, 4.69) is 46.9 Å². The van der Waals surface area contributed by atoms with Gasteiger partial charge in [-0.25, -0.2) is 0 Å². The predicted molar refractivity (Wildman–Crippen MR) is 88.4 cm³/mol. The fourth-order valence-corrected chi connectivity index (χ4v) is 5.32. The molecule has 3 aliphatic carbocycles. The highest BCUT2D eigenvalue weighted by Gasteiger charge is 2.63. The Labute approximate surface area is 131 Å². The molecule has 0 saturated heterocycles. The van der Waals surface area contributed by atoms with E-state index in [1.807, 2.05) is 0 Å². The Kier molecular flexibility index (Phi) is 3.73. The highest BCUT2D eigenvalue weighted by Crippen LogP contribution is 2.67. The van der Waals surface area contributed by atoms with Gasteiger partial charge in [-0.2, -0.15) is 0 Å². The summed E-state index contributed by atoms with van der Waals surface area (Å²) >= 11 is 0. The Morgan fingerprint density at radius 1 is 1.05 bits per heavy atom. The number of ether oxygens (including phenoxy) is 1. The first kappa shape index (κ1) is 15.8. The molecule has 3 saturated carbocycles. The van der Waals surface area contributed by atoms with E-state index in [1.165, 1.54) is 32.1 Å². The summed E-state index contributed by atoms with van der Waals surface area (Å²) in [4.78, 5) is 0. The second-order valence-electron chi connectivity index (χ2n) is 9.29. The van der Waals surface area contributed by atoms with Crippen molar-refractivity contribution in [1.29, 1.82) is 0 Å². The molecule has 5 atom stereocenters. The largest absolute Gasteiger partial charge is 0.374 e. The van der Waals surface area contributed by atoms with E-state index in [-0.39, 0.29) is 5.41 Å². The molecule has 0 aromatic rings. The van der Waals surface area contributed by atoms with Gasteiger partial charge in [0.2, 0.25) is 0 Å². The van der Waals surface area contributed by atoms with Crippen molar-refractivity contribution in [3.63, 3.8) is 0 Å². The van der Waals surface area contributed by atoms with Gasteiger partial charge in [0.05, 0.1) is 12.2 Å². The van der Waals surface area contributed by atoms with Crippen LogP contribution in [0.3, 0.4) is 0 Å². The lowest BCUT2D eigenvalue weighted by Crippen LogP contribution is -2.62. The van der Waals surface area contributed by atoms with Gasteiger partial charge in [-0.3, -0.25) is 0 Å². The number of hydrogen-bond donors (Lipinski definition) is 1. The normalized spacial score (nSPS) is 46.6. The van der Waals surface area contributed by atoms with E-state index in [0.29, 0.717) is 29.1 Å². The Bertz CT molecular complexity index is 402. The second kappa shape index (κ2) is 4.96. The van der Waals surface area contributed by atoms with E-state index >= 15 is 0 Å². The van der Waals surface area contributed by atoms with Crippen LogP contribution in [0.5, 0.6) is 0 Å². The molecule has 21 heavy (non-hydrogen) atoms. The lowest BCUT2D eigenvalue weighted by atomic mass is 9.64. The van der Waals surface area contributed by atoms with Crippen molar-refractivity contribution in [3.8, 4) is 0 Å². The van der Waals surface area contributed by atoms with Gasteiger partial charge in [-0.15, -0.1) is 0 Å². The molecule has 0 aliphatic heterocycles. The highest BCUT2D eigenvalue weighted by molar-refractivity contribution is 5.12. The number of rotatable bonds is 5. The Balaban J connectivity index is 1.62. The van der Waals surface area contributed by atoms with Crippen molar-refractivity contribution >= 4 is 0 Å². The van der Waals surface area contributed by atoms with Gasteiger partial charge in [0.1, 0.15) is 0 Å². The third-order valence-corrected chi connectivity index (χ3v) is 7.86. The molecule has 0 radical (unpaired) electrons. The zero-order valence-corrected chi connectivity index (χ0v) is 15.0. The van der Waals surface area contributed by atoms with Crippen molar-refractivity contribution in [2.45, 2.75) is 91.9 Å². The molecular formula is C19H35NO. The zero-order chi connectivity index (χ0) is 15.5. The minimum atomic E-state index is 0.289. The van der Waals surface area contributed by atoms with Crippen LogP contribution < -0.4 is 5.32 Å². The zero-order valence-electron chi connectivity index (χ0n) is 15.0. The molecule has 0 amide bonds. The van der Waals surface area contributed by atoms with Gasteiger partial charge >= 0.3 is 0 Å². The average molecular weight is 293 g/mol. The maximum atomic E-state index is 6.71. The predicted octanol–water partition coefficient (Wildman–Crippen LogP) is 4.38. The van der Waals surface area contributed by atoms with Crippen LogP contribution in [0.4, 0.5) is 0 Å². The molecule has 2 nitrogen and oxygen atoms in total. The van der Waals surface area contributed by atoms with Gasteiger partial charge in [-0.05, 0) is 55.4 Å². The van der Waals surface area contributed by atoms with E-state index in [0.717, 1.165) is 12.5 Å². The molecule has 2 bridgehead atoms. The standard InChI is InChI=1S/C19H35NO/c1-7-10-20-14-12-15(17(14,2)3)21-16-11-13-8-9-19(16,6)18(13,4)5/h13-16,20H,7-12H2,1-6H3. The number of hydrogen-bond acceptors (Lipinski definition) is 2.